The van der Waals surface area contributed by atoms with Gasteiger partial charge in [0, 0.05) is 11.3 Å². The van der Waals surface area contributed by atoms with Gasteiger partial charge in [0.2, 0.25) is 0 Å². The molecule has 0 saturated heterocycles. The van der Waals surface area contributed by atoms with Crippen molar-refractivity contribution in [1.29, 1.82) is 0 Å². The molecule has 14 heavy (non-hydrogen) atoms. The van der Waals surface area contributed by atoms with E-state index in [9.17, 15) is 9.90 Å². The molecule has 0 aliphatic carbocycles. The Morgan fingerprint density at radius 2 is 2.14 bits per heavy atom. The van der Waals surface area contributed by atoms with Crippen LogP contribution >= 0.6 is 11.8 Å². The van der Waals surface area contributed by atoms with Gasteiger partial charge in [0.05, 0.1) is 11.0 Å². The largest absolute Gasteiger partial charge is 0.548 e. The number of thioether (sulfide) groups is 1. The molecule has 0 spiro atoms. The second-order valence-corrected chi connectivity index (χ2v) is 3.95. The summed E-state index contributed by atoms with van der Waals surface area (Å²) in [7, 11) is 0. The lowest BCUT2D eigenvalue weighted by atomic mass is 10.2. The average Bonchev–Trinajstić information content (AvgIpc) is 2.68. The lowest BCUT2D eigenvalue weighted by Crippen LogP contribution is -2.34. The van der Waals surface area contributed by atoms with Crippen LogP contribution in [0.15, 0.2) is 35.3 Å². The van der Waals surface area contributed by atoms with Crippen LogP contribution in [0.2, 0.25) is 0 Å². The van der Waals surface area contributed by atoms with Crippen molar-refractivity contribution in [1.82, 2.24) is 0 Å². The first-order chi connectivity index (χ1) is 6.77. The second kappa shape index (κ2) is 3.84. The summed E-state index contributed by atoms with van der Waals surface area (Å²) in [6.07, 6.45) is 0. The van der Waals surface area contributed by atoms with Crippen LogP contribution in [-0.2, 0) is 4.79 Å². The Morgan fingerprint density at radius 1 is 1.43 bits per heavy atom. The minimum Gasteiger partial charge on any atom is -0.548 e. The lowest BCUT2D eigenvalue weighted by Gasteiger charge is -2.04. The van der Waals surface area contributed by atoms with Crippen molar-refractivity contribution in [3.63, 3.8) is 0 Å². The van der Waals surface area contributed by atoms with Crippen LogP contribution in [0.3, 0.4) is 0 Å². The minimum absolute atomic E-state index is 0.479. The number of hydrogen-bond donors (Lipinski definition) is 0. The Bertz CT molecular complexity index is 375. The number of nitrogens with zero attached hydrogens (tertiary/aromatic N) is 1. The SMILES string of the molecule is O=C([O-])[C@@H]1CSC(c2ccccc2)=N1. The van der Waals surface area contributed by atoms with E-state index in [4.69, 9.17) is 0 Å². The third-order valence-electron chi connectivity index (χ3n) is 1.94. The summed E-state index contributed by atoms with van der Waals surface area (Å²) in [4.78, 5) is 14.6. The third-order valence-corrected chi connectivity index (χ3v) is 3.04. The van der Waals surface area contributed by atoms with E-state index in [1.165, 1.54) is 11.8 Å². The first kappa shape index (κ1) is 9.27. The lowest BCUT2D eigenvalue weighted by molar-refractivity contribution is -0.306. The summed E-state index contributed by atoms with van der Waals surface area (Å²) >= 11 is 1.46. The number of carboxylic acid groups (broad SMARTS) is 1. The number of carbonyl (C=O) groups excluding carboxylic acids is 1. The van der Waals surface area contributed by atoms with Crippen LogP contribution in [-0.4, -0.2) is 22.8 Å². The predicted octanol–water partition coefficient (Wildman–Crippen LogP) is 0.298. The fourth-order valence-corrected chi connectivity index (χ4v) is 2.26. The van der Waals surface area contributed by atoms with Crippen molar-refractivity contribution in [2.45, 2.75) is 6.04 Å². The van der Waals surface area contributed by atoms with Crippen molar-refractivity contribution < 1.29 is 9.90 Å². The van der Waals surface area contributed by atoms with E-state index in [1.54, 1.807) is 0 Å². The Hall–Kier alpha value is -1.29. The van der Waals surface area contributed by atoms with E-state index in [1.807, 2.05) is 30.3 Å². The third kappa shape index (κ3) is 1.80. The van der Waals surface area contributed by atoms with Crippen LogP contribution in [0.1, 0.15) is 5.56 Å². The summed E-state index contributed by atoms with van der Waals surface area (Å²) in [5.41, 5.74) is 0.973. The summed E-state index contributed by atoms with van der Waals surface area (Å²) in [6, 6.07) is 8.89. The monoisotopic (exact) mass is 206 g/mol. The van der Waals surface area contributed by atoms with Crippen LogP contribution in [0.4, 0.5) is 0 Å². The van der Waals surface area contributed by atoms with Gasteiger partial charge in [-0.3, -0.25) is 4.99 Å². The molecule has 2 rings (SSSR count). The Labute approximate surface area is 85.9 Å². The first-order valence-electron chi connectivity index (χ1n) is 4.24. The highest BCUT2D eigenvalue weighted by Gasteiger charge is 2.19. The molecule has 0 unspecified atom stereocenters. The van der Waals surface area contributed by atoms with Gasteiger partial charge < -0.3 is 9.90 Å². The van der Waals surface area contributed by atoms with Crippen LogP contribution in [0.5, 0.6) is 0 Å². The molecule has 0 N–H and O–H groups in total. The fraction of sp³-hybridized carbons (Fsp3) is 0.200. The molecule has 3 nitrogen and oxygen atoms in total. The van der Waals surface area contributed by atoms with Crippen LogP contribution in [0.25, 0.3) is 0 Å². The van der Waals surface area contributed by atoms with Gasteiger partial charge in [0.25, 0.3) is 0 Å². The maximum Gasteiger partial charge on any atom is 0.100 e. The Morgan fingerprint density at radius 3 is 2.71 bits per heavy atom. The molecule has 0 fully saturated rings. The molecule has 1 heterocycles. The molecule has 1 aromatic rings. The molecule has 0 amide bonds. The van der Waals surface area contributed by atoms with E-state index in [0.717, 1.165) is 10.6 Å². The highest BCUT2D eigenvalue weighted by Crippen LogP contribution is 2.22. The number of benzene rings is 1. The smallest absolute Gasteiger partial charge is 0.100 e. The highest BCUT2D eigenvalue weighted by atomic mass is 32.2. The van der Waals surface area contributed by atoms with Crippen molar-refractivity contribution in [2.75, 3.05) is 5.75 Å². The Kier molecular flexibility index (Phi) is 2.54. The number of hydrogen-bond acceptors (Lipinski definition) is 4. The summed E-state index contributed by atoms with van der Waals surface area (Å²) in [6.45, 7) is 0. The first-order valence-corrected chi connectivity index (χ1v) is 5.23. The number of carbonyl (C=O) groups is 1. The number of aliphatic imine (C=N–C) groups is 1. The van der Waals surface area contributed by atoms with Gasteiger partial charge in [-0.15, -0.1) is 11.8 Å². The van der Waals surface area contributed by atoms with Gasteiger partial charge in [-0.1, -0.05) is 30.3 Å². The zero-order chi connectivity index (χ0) is 9.97. The van der Waals surface area contributed by atoms with Gasteiger partial charge in [0.1, 0.15) is 6.04 Å². The molecule has 72 valence electrons. The molecule has 1 aromatic carbocycles. The predicted molar refractivity (Wildman–Crippen MR) is 54.2 cm³/mol. The number of rotatable bonds is 2. The molecule has 4 heteroatoms. The molecule has 0 bridgehead atoms. The maximum absolute atomic E-state index is 10.5. The van der Waals surface area contributed by atoms with E-state index in [0.29, 0.717) is 5.75 Å². The van der Waals surface area contributed by atoms with E-state index >= 15 is 0 Å². The topological polar surface area (TPSA) is 52.5 Å². The summed E-state index contributed by atoms with van der Waals surface area (Å²) in [5, 5.41) is 11.3. The molecule has 0 saturated carbocycles. The number of carboxylic acids is 1. The van der Waals surface area contributed by atoms with Crippen molar-refractivity contribution in [2.24, 2.45) is 4.99 Å². The van der Waals surface area contributed by atoms with E-state index in [2.05, 4.69) is 4.99 Å². The number of aliphatic carboxylic acids is 1. The molecule has 0 aromatic heterocycles. The quantitative estimate of drug-likeness (QED) is 0.699. The molecule has 0 radical (unpaired) electrons. The average molecular weight is 206 g/mol. The zero-order valence-electron chi connectivity index (χ0n) is 7.34. The van der Waals surface area contributed by atoms with Crippen LogP contribution < -0.4 is 5.11 Å². The Balaban J connectivity index is 2.22. The molecular weight excluding hydrogens is 198 g/mol. The van der Waals surface area contributed by atoms with E-state index in [-0.39, 0.29) is 0 Å². The standard InChI is InChI=1S/C10H9NO2S/c12-10(13)8-6-14-9(11-8)7-4-2-1-3-5-7/h1-5,8H,6H2,(H,12,13)/p-1/t8-/m0/s1. The van der Waals surface area contributed by atoms with Gasteiger partial charge in [-0.05, 0) is 0 Å². The minimum atomic E-state index is -1.09. The van der Waals surface area contributed by atoms with Gasteiger partial charge in [-0.25, -0.2) is 0 Å². The molecule has 1 aliphatic heterocycles. The highest BCUT2D eigenvalue weighted by molar-refractivity contribution is 8.14. The normalized spacial score (nSPS) is 20.6. The van der Waals surface area contributed by atoms with Gasteiger partial charge in [-0.2, -0.15) is 0 Å². The van der Waals surface area contributed by atoms with Crippen LogP contribution in [0, 0.1) is 0 Å². The molecular formula is C10H8NO2S-. The van der Waals surface area contributed by atoms with Gasteiger partial charge in [0.15, 0.2) is 0 Å². The van der Waals surface area contributed by atoms with Crippen molar-refractivity contribution in [3.8, 4) is 0 Å². The summed E-state index contributed by atoms with van der Waals surface area (Å²) < 4.78 is 0. The second-order valence-electron chi connectivity index (χ2n) is 2.95. The molecule has 1 aliphatic rings. The summed E-state index contributed by atoms with van der Waals surface area (Å²) in [5.74, 6) is -0.615. The molecule has 1 atom stereocenters. The zero-order valence-corrected chi connectivity index (χ0v) is 8.16. The van der Waals surface area contributed by atoms with Crippen molar-refractivity contribution >= 4 is 22.8 Å². The van der Waals surface area contributed by atoms with E-state index < -0.39 is 12.0 Å². The fourth-order valence-electron chi connectivity index (χ4n) is 1.23. The van der Waals surface area contributed by atoms with Gasteiger partial charge >= 0.3 is 0 Å². The van der Waals surface area contributed by atoms with Crippen molar-refractivity contribution in [3.05, 3.63) is 35.9 Å². The maximum atomic E-state index is 10.5.